The van der Waals surface area contributed by atoms with E-state index >= 15 is 0 Å². The smallest absolute Gasteiger partial charge is 0.324 e. The van der Waals surface area contributed by atoms with Gasteiger partial charge in [-0.3, -0.25) is 18.7 Å². The van der Waals surface area contributed by atoms with Crippen LogP contribution in [0, 0.1) is 5.92 Å². The van der Waals surface area contributed by atoms with Crippen LogP contribution in [0.3, 0.4) is 0 Å². The van der Waals surface area contributed by atoms with E-state index in [4.69, 9.17) is 23.2 Å². The van der Waals surface area contributed by atoms with E-state index in [0.29, 0.717) is 11.6 Å². The molecule has 1 fully saturated rings. The summed E-state index contributed by atoms with van der Waals surface area (Å²) in [5, 5.41) is 12.8. The number of hydrogen-bond donors (Lipinski definition) is 2. The molecule has 0 radical (unpaired) electrons. The molecule has 0 spiro atoms. The van der Waals surface area contributed by atoms with Gasteiger partial charge in [0.2, 0.25) is 11.8 Å². The van der Waals surface area contributed by atoms with Crippen LogP contribution in [0.2, 0.25) is 10.0 Å². The Morgan fingerprint density at radius 1 is 1.00 bits per heavy atom. The molecule has 2 N–H and O–H groups in total. The molecule has 0 aliphatic carbocycles. The van der Waals surface area contributed by atoms with Gasteiger partial charge in [0.05, 0.1) is 16.5 Å². The Hall–Kier alpha value is -3.60. The summed E-state index contributed by atoms with van der Waals surface area (Å²) in [6.07, 6.45) is 0.0264. The van der Waals surface area contributed by atoms with Gasteiger partial charge < -0.3 is 15.3 Å². The Bertz CT molecular complexity index is 1480. The number of carboxylic acids is 1. The lowest BCUT2D eigenvalue weighted by molar-refractivity contribution is -0.135. The predicted octanol–water partition coefficient (Wildman–Crippen LogP) is 4.26. The summed E-state index contributed by atoms with van der Waals surface area (Å²) >= 11 is 11.9. The summed E-state index contributed by atoms with van der Waals surface area (Å²) in [6, 6.07) is 18.4. The monoisotopic (exact) mass is 575 g/mol. The number of amides is 2. The van der Waals surface area contributed by atoms with Gasteiger partial charge in [-0.15, -0.1) is 0 Å². The maximum atomic E-state index is 13.4. The zero-order chi connectivity index (χ0) is 27.4. The molecular formula is C26H23Cl2N3O6S. The summed E-state index contributed by atoms with van der Waals surface area (Å²) in [5.74, 6) is -2.57. The second-order valence-corrected chi connectivity index (χ2v) is 11.4. The number of nitrogens with zero attached hydrogens (tertiary/aromatic N) is 2. The Balaban J connectivity index is 1.49. The molecule has 0 aromatic heterocycles. The molecule has 2 amide bonds. The third-order valence-electron chi connectivity index (χ3n) is 5.94. The van der Waals surface area contributed by atoms with Gasteiger partial charge in [0.25, 0.3) is 10.0 Å². The van der Waals surface area contributed by atoms with Crippen molar-refractivity contribution in [2.75, 3.05) is 22.7 Å². The van der Waals surface area contributed by atoms with Crippen molar-refractivity contribution in [1.82, 2.24) is 4.90 Å². The Morgan fingerprint density at radius 2 is 1.71 bits per heavy atom. The first kappa shape index (κ1) is 27.4. The third kappa shape index (κ3) is 6.45. The molecule has 3 aromatic carbocycles. The summed E-state index contributed by atoms with van der Waals surface area (Å²) in [7, 11) is -4.33. The number of carbonyl (C=O) groups excluding carboxylic acids is 2. The number of rotatable bonds is 9. The van der Waals surface area contributed by atoms with Crippen molar-refractivity contribution in [2.24, 2.45) is 5.92 Å². The molecule has 3 aromatic rings. The molecule has 198 valence electrons. The Kier molecular flexibility index (Phi) is 8.25. The van der Waals surface area contributed by atoms with E-state index in [1.807, 2.05) is 12.1 Å². The molecule has 1 heterocycles. The fraction of sp³-hybridized carbons (Fsp3) is 0.192. The Labute approximate surface area is 229 Å². The van der Waals surface area contributed by atoms with Crippen LogP contribution in [0.1, 0.15) is 12.0 Å². The zero-order valence-corrected chi connectivity index (χ0v) is 22.2. The molecule has 12 heteroatoms. The molecule has 0 saturated carbocycles. The van der Waals surface area contributed by atoms with Crippen LogP contribution in [0.15, 0.2) is 77.7 Å². The molecule has 1 aliphatic heterocycles. The minimum absolute atomic E-state index is 0.0264. The Morgan fingerprint density at radius 3 is 2.39 bits per heavy atom. The van der Waals surface area contributed by atoms with Crippen molar-refractivity contribution in [3.05, 3.63) is 88.4 Å². The highest BCUT2D eigenvalue weighted by Crippen LogP contribution is 2.28. The first-order valence-electron chi connectivity index (χ1n) is 11.5. The van der Waals surface area contributed by atoms with Crippen LogP contribution >= 0.6 is 23.2 Å². The van der Waals surface area contributed by atoms with Crippen molar-refractivity contribution in [1.29, 1.82) is 0 Å². The second-order valence-electron chi connectivity index (χ2n) is 8.70. The first-order valence-corrected chi connectivity index (χ1v) is 13.7. The van der Waals surface area contributed by atoms with Crippen molar-refractivity contribution in [3.8, 4) is 0 Å². The van der Waals surface area contributed by atoms with Crippen LogP contribution in [0.4, 0.5) is 11.4 Å². The van der Waals surface area contributed by atoms with Crippen LogP contribution in [0.5, 0.6) is 0 Å². The lowest BCUT2D eigenvalue weighted by atomic mass is 10.1. The highest BCUT2D eigenvalue weighted by atomic mass is 35.5. The van der Waals surface area contributed by atoms with Crippen molar-refractivity contribution >= 4 is 62.4 Å². The zero-order valence-electron chi connectivity index (χ0n) is 19.9. The number of halogens is 2. The molecule has 1 atom stereocenters. The molecule has 1 saturated heterocycles. The number of hydrogen-bond acceptors (Lipinski definition) is 5. The van der Waals surface area contributed by atoms with Crippen LogP contribution in [-0.2, 0) is 31.0 Å². The van der Waals surface area contributed by atoms with Gasteiger partial charge >= 0.3 is 5.97 Å². The largest absolute Gasteiger partial charge is 0.480 e. The number of benzene rings is 3. The number of anilines is 2. The van der Waals surface area contributed by atoms with Crippen molar-refractivity contribution in [2.45, 2.75) is 17.9 Å². The lowest BCUT2D eigenvalue weighted by Crippen LogP contribution is -2.35. The highest BCUT2D eigenvalue weighted by molar-refractivity contribution is 7.92. The third-order valence-corrected chi connectivity index (χ3v) is 8.19. The SMILES string of the molecule is O=C(O)CN(c1cccc(Cl)c1)S(=O)(=O)c1cccc(NC(=O)C2CC(=O)N(Cc3ccc(Cl)cc3)C2)c1. The average molecular weight is 576 g/mol. The summed E-state index contributed by atoms with van der Waals surface area (Å²) in [6.45, 7) is -0.268. The van der Waals surface area contributed by atoms with Crippen molar-refractivity contribution in [3.63, 3.8) is 0 Å². The van der Waals surface area contributed by atoms with E-state index in [1.54, 1.807) is 17.0 Å². The van der Waals surface area contributed by atoms with Gasteiger partial charge in [0.1, 0.15) is 6.54 Å². The maximum Gasteiger partial charge on any atom is 0.324 e. The van der Waals surface area contributed by atoms with Gasteiger partial charge in [-0.05, 0) is 54.1 Å². The number of likely N-dealkylation sites (tertiary alicyclic amines) is 1. The van der Waals surface area contributed by atoms with Crippen molar-refractivity contribution < 1.29 is 27.9 Å². The molecule has 1 aliphatic rings. The minimum atomic E-state index is -4.33. The quantitative estimate of drug-likeness (QED) is 0.393. The molecule has 4 rings (SSSR count). The number of nitrogens with one attached hydrogen (secondary N) is 1. The second kappa shape index (κ2) is 11.4. The minimum Gasteiger partial charge on any atom is -0.480 e. The number of carboxylic acid groups (broad SMARTS) is 1. The van der Waals surface area contributed by atoms with Crippen LogP contribution < -0.4 is 9.62 Å². The maximum absolute atomic E-state index is 13.4. The fourth-order valence-corrected chi connectivity index (χ4v) is 5.85. The van der Waals surface area contributed by atoms with Gasteiger partial charge in [-0.1, -0.05) is 47.5 Å². The molecule has 9 nitrogen and oxygen atoms in total. The number of sulfonamides is 1. The van der Waals surface area contributed by atoms with Crippen LogP contribution in [0.25, 0.3) is 0 Å². The number of aliphatic carboxylic acids is 1. The molecule has 0 bridgehead atoms. The average Bonchev–Trinajstić information content (AvgIpc) is 3.24. The lowest BCUT2D eigenvalue weighted by Gasteiger charge is -2.23. The predicted molar refractivity (Wildman–Crippen MR) is 144 cm³/mol. The van der Waals surface area contributed by atoms with Gasteiger partial charge in [0.15, 0.2) is 0 Å². The fourth-order valence-electron chi connectivity index (χ4n) is 4.09. The van der Waals surface area contributed by atoms with Gasteiger partial charge in [-0.25, -0.2) is 8.42 Å². The topological polar surface area (TPSA) is 124 Å². The molecular weight excluding hydrogens is 553 g/mol. The first-order chi connectivity index (χ1) is 18.0. The summed E-state index contributed by atoms with van der Waals surface area (Å²) in [4.78, 5) is 38.3. The van der Waals surface area contributed by atoms with E-state index in [0.717, 1.165) is 9.87 Å². The molecule has 1 unspecified atom stereocenters. The summed E-state index contributed by atoms with van der Waals surface area (Å²) < 4.78 is 27.5. The standard InChI is InChI=1S/C26H23Cl2N3O6S/c27-19-9-7-17(8-10-19)14-30-15-18(11-24(30)32)26(35)29-21-4-2-6-23(13-21)38(36,37)31(16-25(33)34)22-5-1-3-20(28)12-22/h1-10,12-13,18H,11,14-16H2,(H,29,35)(H,33,34). The van der Waals surface area contributed by atoms with E-state index in [-0.39, 0.29) is 40.2 Å². The van der Waals surface area contributed by atoms with E-state index in [2.05, 4.69) is 5.32 Å². The highest BCUT2D eigenvalue weighted by Gasteiger charge is 2.34. The van der Waals surface area contributed by atoms with E-state index in [1.165, 1.54) is 48.5 Å². The normalized spacial score (nSPS) is 15.4. The van der Waals surface area contributed by atoms with Gasteiger partial charge in [-0.2, -0.15) is 0 Å². The van der Waals surface area contributed by atoms with E-state index < -0.39 is 34.4 Å². The van der Waals surface area contributed by atoms with E-state index in [9.17, 15) is 27.9 Å². The van der Waals surface area contributed by atoms with Crippen LogP contribution in [-0.4, -0.2) is 49.3 Å². The van der Waals surface area contributed by atoms with Gasteiger partial charge in [0, 0.05) is 35.2 Å². The summed E-state index contributed by atoms with van der Waals surface area (Å²) in [5.41, 5.74) is 1.16. The number of carbonyl (C=O) groups is 3. The molecule has 38 heavy (non-hydrogen) atoms.